The first-order valence-corrected chi connectivity index (χ1v) is 10.6. The number of nitrogens with one attached hydrogen (secondary N) is 1. The van der Waals surface area contributed by atoms with Crippen LogP contribution in [0.1, 0.15) is 46.0 Å². The minimum Gasteiger partial charge on any atom is -0.382 e. The quantitative estimate of drug-likeness (QED) is 0.415. The molecule has 1 heterocycles. The molecule has 0 amide bonds. The van der Waals surface area contributed by atoms with Crippen molar-refractivity contribution >= 4 is 22.6 Å². The molecule has 5 rings (SSSR count). The third kappa shape index (κ3) is 1.90. The van der Waals surface area contributed by atoms with Crippen LogP contribution in [0.15, 0.2) is 46.7 Å². The van der Waals surface area contributed by atoms with Crippen molar-refractivity contribution in [2.75, 3.05) is 0 Å². The zero-order valence-corrected chi connectivity index (χ0v) is 16.3. The van der Waals surface area contributed by atoms with E-state index in [1.54, 1.807) is 16.7 Å². The highest BCUT2D eigenvalue weighted by atomic mass is 127. The molecule has 1 aliphatic heterocycles. The number of hydrogen-bond donors (Lipinski definition) is 1. The Labute approximate surface area is 153 Å². The van der Waals surface area contributed by atoms with E-state index in [1.165, 1.54) is 37.8 Å². The van der Waals surface area contributed by atoms with Gasteiger partial charge in [-0.05, 0) is 48.3 Å². The lowest BCUT2D eigenvalue weighted by Gasteiger charge is -2.40. The second-order valence-corrected chi connectivity index (χ2v) is 10.2. The van der Waals surface area contributed by atoms with Crippen molar-refractivity contribution in [2.45, 2.75) is 55.9 Å². The largest absolute Gasteiger partial charge is 0.382 e. The van der Waals surface area contributed by atoms with Crippen LogP contribution in [0, 0.1) is 23.2 Å². The summed E-state index contributed by atoms with van der Waals surface area (Å²) in [6, 6.07) is 0.697. The summed E-state index contributed by atoms with van der Waals surface area (Å²) >= 11 is 2.74. The molecule has 0 saturated heterocycles. The maximum atomic E-state index is 3.91. The molecular weight excluding hydrogens is 393 g/mol. The molecule has 1 N–H and O–H groups in total. The molecule has 23 heavy (non-hydrogen) atoms. The Kier molecular flexibility index (Phi) is 3.22. The predicted octanol–water partition coefficient (Wildman–Crippen LogP) is 5.30. The Bertz CT molecular complexity index is 678. The van der Waals surface area contributed by atoms with Crippen molar-refractivity contribution in [2.24, 2.45) is 23.2 Å². The molecule has 1 nitrogen and oxygen atoms in total. The highest BCUT2D eigenvalue weighted by Crippen LogP contribution is 2.61. The molecule has 0 aromatic carbocycles. The van der Waals surface area contributed by atoms with E-state index in [-0.39, 0.29) is 5.41 Å². The Balaban J connectivity index is 1.62. The van der Waals surface area contributed by atoms with E-state index < -0.39 is 0 Å². The molecule has 122 valence electrons. The molecule has 0 bridgehead atoms. The zero-order chi connectivity index (χ0) is 15.8. The van der Waals surface area contributed by atoms with Crippen LogP contribution >= 0.6 is 22.6 Å². The lowest BCUT2D eigenvalue weighted by Crippen LogP contribution is -2.39. The van der Waals surface area contributed by atoms with Gasteiger partial charge in [0.1, 0.15) is 0 Å². The number of fused-ring (bicyclic) bond motifs is 5. The monoisotopic (exact) mass is 419 g/mol. The number of allylic oxidation sites excluding steroid dienone is 6. The highest BCUT2D eigenvalue weighted by Gasteiger charge is 2.54. The van der Waals surface area contributed by atoms with Gasteiger partial charge in [-0.15, -0.1) is 0 Å². The van der Waals surface area contributed by atoms with Crippen molar-refractivity contribution in [1.29, 1.82) is 0 Å². The van der Waals surface area contributed by atoms with Gasteiger partial charge in [-0.1, -0.05) is 66.7 Å². The van der Waals surface area contributed by atoms with Crippen molar-refractivity contribution in [1.82, 2.24) is 5.32 Å². The second-order valence-electron chi connectivity index (χ2n) is 8.56. The Morgan fingerprint density at radius 1 is 1.22 bits per heavy atom. The molecule has 0 aromatic heterocycles. The minimum atomic E-state index is 0.284. The Morgan fingerprint density at radius 2 is 2.09 bits per heavy atom. The molecule has 2 heteroatoms. The average Bonchev–Trinajstić information content (AvgIpc) is 3.02. The topological polar surface area (TPSA) is 12.0 Å². The molecule has 0 aromatic rings. The van der Waals surface area contributed by atoms with Crippen LogP contribution < -0.4 is 5.32 Å². The predicted molar refractivity (Wildman–Crippen MR) is 104 cm³/mol. The Morgan fingerprint density at radius 3 is 2.96 bits per heavy atom. The molecule has 1 fully saturated rings. The summed E-state index contributed by atoms with van der Waals surface area (Å²) in [4.78, 5) is 0. The first kappa shape index (κ1) is 14.8. The molecule has 5 aliphatic rings. The second kappa shape index (κ2) is 5.00. The lowest BCUT2D eigenvalue weighted by molar-refractivity contribution is 0.261. The number of alkyl halides is 1. The molecule has 0 spiro atoms. The van der Waals surface area contributed by atoms with Gasteiger partial charge in [0, 0.05) is 33.4 Å². The molecule has 1 saturated carbocycles. The first-order chi connectivity index (χ1) is 11.1. The van der Waals surface area contributed by atoms with Gasteiger partial charge < -0.3 is 5.32 Å². The van der Waals surface area contributed by atoms with Crippen LogP contribution in [0.3, 0.4) is 0 Å². The van der Waals surface area contributed by atoms with Crippen LogP contribution in [0.4, 0.5) is 0 Å². The van der Waals surface area contributed by atoms with Gasteiger partial charge >= 0.3 is 0 Å². The molecule has 0 radical (unpaired) electrons. The number of hydrogen-bond acceptors (Lipinski definition) is 1. The van der Waals surface area contributed by atoms with Crippen molar-refractivity contribution < 1.29 is 0 Å². The summed E-state index contributed by atoms with van der Waals surface area (Å²) in [6.45, 7) is 5.01. The van der Waals surface area contributed by atoms with Gasteiger partial charge in [-0.2, -0.15) is 0 Å². The van der Waals surface area contributed by atoms with Crippen molar-refractivity contribution in [3.63, 3.8) is 0 Å². The van der Waals surface area contributed by atoms with E-state index in [4.69, 9.17) is 0 Å². The van der Waals surface area contributed by atoms with Gasteiger partial charge in [0.2, 0.25) is 0 Å². The van der Waals surface area contributed by atoms with E-state index in [0.717, 1.165) is 9.84 Å². The molecule has 4 aliphatic carbocycles. The summed E-state index contributed by atoms with van der Waals surface area (Å²) in [5.41, 5.74) is 6.96. The standard InChI is InChI=1S/C21H26IN/c1-21(2)14-7-4-3-6-12(14)13-10-11-17-19(20(13)21)18-15(22)8-5-9-16(18)23-17/h4,7,10-11,13,15-16,18,20,23H,3,5-6,8-9H2,1-2H3. The Hall–Kier alpha value is -0.510. The lowest BCUT2D eigenvalue weighted by atomic mass is 9.64. The summed E-state index contributed by atoms with van der Waals surface area (Å²) in [7, 11) is 0. The maximum absolute atomic E-state index is 3.91. The number of rotatable bonds is 0. The molecular formula is C21H26IN. The fourth-order valence-corrected chi connectivity index (χ4v) is 7.51. The average molecular weight is 419 g/mol. The summed E-state index contributed by atoms with van der Waals surface area (Å²) < 4.78 is 0.808. The maximum Gasteiger partial charge on any atom is 0.0338 e. The van der Waals surface area contributed by atoms with Crippen LogP contribution in [0.5, 0.6) is 0 Å². The normalized spacial score (nSPS) is 43.0. The van der Waals surface area contributed by atoms with Gasteiger partial charge in [0.05, 0.1) is 0 Å². The van der Waals surface area contributed by atoms with Crippen LogP contribution in [-0.4, -0.2) is 9.97 Å². The summed E-state index contributed by atoms with van der Waals surface area (Å²) in [6.07, 6.45) is 16.5. The summed E-state index contributed by atoms with van der Waals surface area (Å²) in [5.74, 6) is 2.12. The van der Waals surface area contributed by atoms with Gasteiger partial charge in [-0.3, -0.25) is 0 Å². The summed E-state index contributed by atoms with van der Waals surface area (Å²) in [5, 5.41) is 3.91. The zero-order valence-electron chi connectivity index (χ0n) is 14.1. The third-order valence-corrected chi connectivity index (χ3v) is 8.48. The molecule has 5 unspecified atom stereocenters. The van der Waals surface area contributed by atoms with Crippen molar-refractivity contribution in [3.8, 4) is 0 Å². The van der Waals surface area contributed by atoms with Gasteiger partial charge in [0.15, 0.2) is 0 Å². The molecule has 5 atom stereocenters. The van der Waals surface area contributed by atoms with E-state index in [1.807, 2.05) is 0 Å². The minimum absolute atomic E-state index is 0.284. The highest BCUT2D eigenvalue weighted by molar-refractivity contribution is 14.1. The fourth-order valence-electron chi connectivity index (χ4n) is 6.18. The van der Waals surface area contributed by atoms with Crippen LogP contribution in [0.2, 0.25) is 0 Å². The van der Waals surface area contributed by atoms with Gasteiger partial charge in [0.25, 0.3) is 0 Å². The fraction of sp³-hybridized carbons (Fsp3) is 0.619. The van der Waals surface area contributed by atoms with Crippen LogP contribution in [-0.2, 0) is 0 Å². The SMILES string of the molecule is CC1(C)C2=C(CCC=C2)C2C=CC3=C(C4C(I)CCCC4N3)C21. The van der Waals surface area contributed by atoms with E-state index in [9.17, 15) is 0 Å². The van der Waals surface area contributed by atoms with Crippen molar-refractivity contribution in [3.05, 3.63) is 46.7 Å². The van der Waals surface area contributed by atoms with Crippen LogP contribution in [0.25, 0.3) is 0 Å². The van der Waals surface area contributed by atoms with Gasteiger partial charge in [-0.25, -0.2) is 0 Å². The first-order valence-electron chi connectivity index (χ1n) is 9.32. The third-order valence-electron chi connectivity index (χ3n) is 7.08. The van der Waals surface area contributed by atoms with E-state index in [0.29, 0.717) is 17.9 Å². The van der Waals surface area contributed by atoms with E-state index in [2.05, 4.69) is 66.1 Å². The number of halogens is 1. The van der Waals surface area contributed by atoms with E-state index >= 15 is 0 Å². The smallest absolute Gasteiger partial charge is 0.0338 e.